The van der Waals surface area contributed by atoms with Gasteiger partial charge in [-0.15, -0.1) is 0 Å². The summed E-state index contributed by atoms with van der Waals surface area (Å²) in [6.07, 6.45) is 16.7. The molecule has 4 fully saturated rings. The molecule has 0 aromatic carbocycles. The van der Waals surface area contributed by atoms with E-state index in [4.69, 9.17) is 18.9 Å². The Hall–Kier alpha value is -1.01. The average Bonchev–Trinajstić information content (AvgIpc) is 3.31. The standard InChI is InChI=1S/C28H44O5/c1-19(2)10-11-20(3)25(32-27-8-4-6-14-30-27)13-12-23-24-18-22(29)16-21(24)17-26(23)33-28-9-5-7-15-31-28/h10,12-13,20-21,23-28H,4-9,11,14-18H2,1-3H3/t20-,21-,23+,24-,25+,26+,27?,28?/m0/s1. The summed E-state index contributed by atoms with van der Waals surface area (Å²) >= 11 is 0. The molecule has 2 aliphatic carbocycles. The Labute approximate surface area is 200 Å². The molecule has 5 nitrogen and oxygen atoms in total. The second-order valence-corrected chi connectivity index (χ2v) is 10.9. The van der Waals surface area contributed by atoms with E-state index in [2.05, 4.69) is 39.0 Å². The number of Topliss-reactive ketones (excluding diaryl/α,β-unsaturated/α-hetero) is 1. The van der Waals surface area contributed by atoms with Gasteiger partial charge in [0.25, 0.3) is 0 Å². The highest BCUT2D eigenvalue weighted by atomic mass is 16.7. The summed E-state index contributed by atoms with van der Waals surface area (Å²) < 4.78 is 24.8. The van der Waals surface area contributed by atoms with Crippen LogP contribution in [0, 0.1) is 23.7 Å². The van der Waals surface area contributed by atoms with Crippen molar-refractivity contribution >= 4 is 5.78 Å². The molecule has 2 unspecified atom stereocenters. The molecule has 33 heavy (non-hydrogen) atoms. The van der Waals surface area contributed by atoms with Gasteiger partial charge in [0, 0.05) is 32.0 Å². The molecule has 2 aliphatic heterocycles. The zero-order valence-corrected chi connectivity index (χ0v) is 20.9. The van der Waals surface area contributed by atoms with Gasteiger partial charge in [0.15, 0.2) is 12.6 Å². The van der Waals surface area contributed by atoms with E-state index in [0.29, 0.717) is 36.4 Å². The maximum Gasteiger partial charge on any atom is 0.158 e. The van der Waals surface area contributed by atoms with Gasteiger partial charge in [0.2, 0.25) is 0 Å². The van der Waals surface area contributed by atoms with E-state index in [-0.39, 0.29) is 30.7 Å². The zero-order chi connectivity index (χ0) is 23.2. The van der Waals surface area contributed by atoms with Crippen LogP contribution in [0.25, 0.3) is 0 Å². The lowest BCUT2D eigenvalue weighted by Crippen LogP contribution is -2.32. The van der Waals surface area contributed by atoms with E-state index >= 15 is 0 Å². The van der Waals surface area contributed by atoms with Crippen molar-refractivity contribution in [1.82, 2.24) is 0 Å². The van der Waals surface area contributed by atoms with Gasteiger partial charge in [-0.05, 0) is 83.0 Å². The lowest BCUT2D eigenvalue weighted by molar-refractivity contribution is -0.193. The first kappa shape index (κ1) is 25.1. The van der Waals surface area contributed by atoms with Gasteiger partial charge in [0.1, 0.15) is 5.78 Å². The summed E-state index contributed by atoms with van der Waals surface area (Å²) in [4.78, 5) is 12.2. The van der Waals surface area contributed by atoms with Crippen LogP contribution in [0.15, 0.2) is 23.8 Å². The van der Waals surface area contributed by atoms with Crippen LogP contribution in [-0.2, 0) is 23.7 Å². The van der Waals surface area contributed by atoms with Crippen LogP contribution in [0.4, 0.5) is 0 Å². The van der Waals surface area contributed by atoms with Crippen LogP contribution in [-0.4, -0.2) is 43.8 Å². The van der Waals surface area contributed by atoms with E-state index < -0.39 is 0 Å². The number of fused-ring (bicyclic) bond motifs is 1. The Kier molecular flexibility index (Phi) is 9.20. The molecular weight excluding hydrogens is 416 g/mol. The summed E-state index contributed by atoms with van der Waals surface area (Å²) in [6, 6.07) is 0. The van der Waals surface area contributed by atoms with Crippen molar-refractivity contribution in [2.24, 2.45) is 23.7 Å². The number of hydrogen-bond donors (Lipinski definition) is 0. The lowest BCUT2D eigenvalue weighted by Gasteiger charge is -2.31. The Morgan fingerprint density at radius 2 is 1.79 bits per heavy atom. The van der Waals surface area contributed by atoms with Crippen molar-refractivity contribution in [3.05, 3.63) is 23.8 Å². The smallest absolute Gasteiger partial charge is 0.158 e. The number of hydrogen-bond acceptors (Lipinski definition) is 5. The molecule has 4 aliphatic rings. The predicted molar refractivity (Wildman–Crippen MR) is 129 cm³/mol. The number of allylic oxidation sites excluding steroid dienone is 2. The SMILES string of the molecule is CC(C)=CC[C@H](C)[C@@H](C=C[C@@H]1[C@H]2CC(=O)C[C@H]2C[C@H]1OC1CCCCO1)OC1CCCCO1. The van der Waals surface area contributed by atoms with Crippen molar-refractivity contribution in [1.29, 1.82) is 0 Å². The van der Waals surface area contributed by atoms with Gasteiger partial charge in [-0.25, -0.2) is 0 Å². The zero-order valence-electron chi connectivity index (χ0n) is 20.9. The largest absolute Gasteiger partial charge is 0.353 e. The molecular formula is C28H44O5. The minimum atomic E-state index is -0.116. The normalized spacial score (nSPS) is 36.6. The van der Waals surface area contributed by atoms with Crippen LogP contribution in [0.3, 0.4) is 0 Å². The number of ketones is 1. The third-order valence-corrected chi connectivity index (χ3v) is 7.91. The molecule has 0 aromatic rings. The Morgan fingerprint density at radius 1 is 1.06 bits per heavy atom. The molecule has 0 radical (unpaired) electrons. The van der Waals surface area contributed by atoms with Crippen LogP contribution < -0.4 is 0 Å². The molecule has 0 spiro atoms. The second kappa shape index (κ2) is 12.1. The fourth-order valence-corrected chi connectivity index (χ4v) is 5.98. The van der Waals surface area contributed by atoms with Crippen molar-refractivity contribution in [2.45, 2.75) is 110 Å². The van der Waals surface area contributed by atoms with Crippen molar-refractivity contribution < 1.29 is 23.7 Å². The predicted octanol–water partition coefficient (Wildman–Crippen LogP) is 5.97. The maximum absolute atomic E-state index is 12.2. The molecule has 5 heteroatoms. The highest BCUT2D eigenvalue weighted by Gasteiger charge is 2.48. The summed E-state index contributed by atoms with van der Waals surface area (Å²) in [5, 5.41) is 0. The monoisotopic (exact) mass is 460 g/mol. The lowest BCUT2D eigenvalue weighted by atomic mass is 9.89. The van der Waals surface area contributed by atoms with Gasteiger partial charge in [-0.2, -0.15) is 0 Å². The van der Waals surface area contributed by atoms with Crippen LogP contribution in [0.5, 0.6) is 0 Å². The number of ether oxygens (including phenoxy) is 4. The molecule has 0 bridgehead atoms. The van der Waals surface area contributed by atoms with Gasteiger partial charge >= 0.3 is 0 Å². The molecule has 4 rings (SSSR count). The topological polar surface area (TPSA) is 54.0 Å². The first-order chi connectivity index (χ1) is 16.0. The highest BCUT2D eigenvalue weighted by Crippen LogP contribution is 2.48. The Balaban J connectivity index is 1.47. The van der Waals surface area contributed by atoms with E-state index in [9.17, 15) is 4.79 Å². The molecule has 2 saturated carbocycles. The highest BCUT2D eigenvalue weighted by molar-refractivity contribution is 5.81. The van der Waals surface area contributed by atoms with E-state index in [0.717, 1.165) is 58.2 Å². The van der Waals surface area contributed by atoms with Crippen LogP contribution >= 0.6 is 0 Å². The van der Waals surface area contributed by atoms with Crippen molar-refractivity contribution in [2.75, 3.05) is 13.2 Å². The summed E-state index contributed by atoms with van der Waals surface area (Å²) in [6.45, 7) is 8.14. The Morgan fingerprint density at radius 3 is 2.45 bits per heavy atom. The number of carbonyl (C=O) groups is 1. The van der Waals surface area contributed by atoms with Crippen molar-refractivity contribution in [3.63, 3.8) is 0 Å². The first-order valence-electron chi connectivity index (χ1n) is 13.4. The molecule has 0 amide bonds. The van der Waals surface area contributed by atoms with Gasteiger partial charge in [-0.1, -0.05) is 30.7 Å². The molecule has 0 N–H and O–H groups in total. The van der Waals surface area contributed by atoms with Crippen LogP contribution in [0.2, 0.25) is 0 Å². The maximum atomic E-state index is 12.2. The molecule has 186 valence electrons. The fraction of sp³-hybridized carbons (Fsp3) is 0.821. The number of carbonyl (C=O) groups excluding carboxylic acids is 1. The van der Waals surface area contributed by atoms with E-state index in [1.807, 2.05) is 0 Å². The molecule has 2 saturated heterocycles. The van der Waals surface area contributed by atoms with E-state index in [1.165, 1.54) is 12.0 Å². The van der Waals surface area contributed by atoms with Gasteiger partial charge in [0.05, 0.1) is 12.2 Å². The molecule has 2 heterocycles. The summed E-state index contributed by atoms with van der Waals surface area (Å²) in [7, 11) is 0. The fourth-order valence-electron chi connectivity index (χ4n) is 5.98. The third kappa shape index (κ3) is 7.00. The Bertz CT molecular complexity index is 684. The summed E-state index contributed by atoms with van der Waals surface area (Å²) in [5.41, 5.74) is 1.34. The third-order valence-electron chi connectivity index (χ3n) is 7.91. The van der Waals surface area contributed by atoms with Gasteiger partial charge < -0.3 is 18.9 Å². The minimum Gasteiger partial charge on any atom is -0.353 e. The van der Waals surface area contributed by atoms with Crippen molar-refractivity contribution in [3.8, 4) is 0 Å². The first-order valence-corrected chi connectivity index (χ1v) is 13.4. The molecule has 8 atom stereocenters. The summed E-state index contributed by atoms with van der Waals surface area (Å²) in [5.74, 6) is 1.86. The van der Waals surface area contributed by atoms with E-state index in [1.54, 1.807) is 0 Å². The average molecular weight is 461 g/mol. The number of rotatable bonds is 9. The second-order valence-electron chi connectivity index (χ2n) is 10.9. The molecule has 0 aromatic heterocycles. The minimum absolute atomic E-state index is 0.00793. The quantitative estimate of drug-likeness (QED) is 0.397. The van der Waals surface area contributed by atoms with Gasteiger partial charge in [-0.3, -0.25) is 4.79 Å². The van der Waals surface area contributed by atoms with Crippen LogP contribution in [0.1, 0.15) is 85.0 Å².